The van der Waals surface area contributed by atoms with Crippen molar-refractivity contribution < 1.29 is 17.9 Å². The second-order valence-electron chi connectivity index (χ2n) is 8.36. The van der Waals surface area contributed by atoms with Crippen LogP contribution in [0.2, 0.25) is 0 Å². The lowest BCUT2D eigenvalue weighted by molar-refractivity contribution is 0.102. The number of anilines is 1. The van der Waals surface area contributed by atoms with Crippen LogP contribution in [0.4, 0.5) is 5.69 Å². The number of nitrogens with zero attached hydrogens (tertiary/aromatic N) is 1. The number of sulfonamides is 1. The van der Waals surface area contributed by atoms with Gasteiger partial charge in [0.15, 0.2) is 0 Å². The number of carbonyl (C=O) groups excluding carboxylic acids is 1. The van der Waals surface area contributed by atoms with Crippen molar-refractivity contribution in [2.45, 2.75) is 50.8 Å². The van der Waals surface area contributed by atoms with E-state index in [4.69, 9.17) is 4.74 Å². The third-order valence-corrected chi connectivity index (χ3v) is 7.29. The van der Waals surface area contributed by atoms with Crippen LogP contribution in [0.25, 0.3) is 0 Å². The molecular weight excluding hydrogens is 412 g/mol. The molecule has 31 heavy (non-hydrogen) atoms. The van der Waals surface area contributed by atoms with E-state index in [0.717, 1.165) is 32.1 Å². The summed E-state index contributed by atoms with van der Waals surface area (Å²) in [4.78, 5) is 12.9. The lowest BCUT2D eigenvalue weighted by Crippen LogP contribution is -2.31. The highest BCUT2D eigenvalue weighted by Crippen LogP contribution is 2.22. The molecule has 0 aliphatic carbocycles. The summed E-state index contributed by atoms with van der Waals surface area (Å²) in [5.74, 6) is 0.947. The Morgan fingerprint density at radius 1 is 1.03 bits per heavy atom. The van der Waals surface area contributed by atoms with Crippen molar-refractivity contribution in [3.8, 4) is 5.75 Å². The summed E-state index contributed by atoms with van der Waals surface area (Å²) >= 11 is 0. The van der Waals surface area contributed by atoms with Crippen molar-refractivity contribution in [3.63, 3.8) is 0 Å². The first kappa shape index (κ1) is 23.3. The number of benzene rings is 2. The zero-order chi connectivity index (χ0) is 22.3. The molecule has 0 saturated carbocycles. The fourth-order valence-electron chi connectivity index (χ4n) is 3.48. The van der Waals surface area contributed by atoms with E-state index < -0.39 is 10.0 Å². The van der Waals surface area contributed by atoms with Gasteiger partial charge >= 0.3 is 0 Å². The first-order valence-electron chi connectivity index (χ1n) is 11.0. The second kappa shape index (κ2) is 10.8. The van der Waals surface area contributed by atoms with Gasteiger partial charge in [0.05, 0.1) is 11.5 Å². The van der Waals surface area contributed by atoms with Gasteiger partial charge in [-0.25, -0.2) is 8.42 Å². The predicted octanol–water partition coefficient (Wildman–Crippen LogP) is 4.93. The Kier molecular flexibility index (Phi) is 8.09. The first-order chi connectivity index (χ1) is 14.9. The molecule has 0 atom stereocenters. The van der Waals surface area contributed by atoms with Gasteiger partial charge in [-0.1, -0.05) is 32.8 Å². The lowest BCUT2D eigenvalue weighted by Gasteiger charge is -2.20. The Labute approximate surface area is 185 Å². The molecule has 2 aromatic rings. The van der Waals surface area contributed by atoms with Gasteiger partial charge in [0.1, 0.15) is 5.75 Å². The number of hydrogen-bond donors (Lipinski definition) is 1. The lowest BCUT2D eigenvalue weighted by atomic mass is 10.1. The van der Waals surface area contributed by atoms with Crippen molar-refractivity contribution >= 4 is 21.6 Å². The van der Waals surface area contributed by atoms with E-state index in [9.17, 15) is 13.2 Å². The summed E-state index contributed by atoms with van der Waals surface area (Å²) in [6.07, 6.45) is 4.88. The van der Waals surface area contributed by atoms with E-state index in [1.54, 1.807) is 46.8 Å². The molecular formula is C24H32N2O4S. The molecule has 0 bridgehead atoms. The highest BCUT2D eigenvalue weighted by molar-refractivity contribution is 7.89. The van der Waals surface area contributed by atoms with Crippen LogP contribution in [0.5, 0.6) is 5.75 Å². The maximum absolute atomic E-state index is 12.9. The van der Waals surface area contributed by atoms with Crippen molar-refractivity contribution in [1.82, 2.24) is 4.31 Å². The molecule has 168 valence electrons. The summed E-state index contributed by atoms with van der Waals surface area (Å²) in [6, 6.07) is 13.4. The van der Waals surface area contributed by atoms with E-state index in [-0.39, 0.29) is 10.8 Å². The van der Waals surface area contributed by atoms with Gasteiger partial charge in [-0.2, -0.15) is 4.31 Å². The van der Waals surface area contributed by atoms with Gasteiger partial charge in [0.25, 0.3) is 5.91 Å². The summed E-state index contributed by atoms with van der Waals surface area (Å²) < 4.78 is 33.1. The number of carbonyl (C=O) groups is 1. The van der Waals surface area contributed by atoms with Crippen LogP contribution in [0.15, 0.2) is 53.4 Å². The van der Waals surface area contributed by atoms with Gasteiger partial charge in [-0.15, -0.1) is 0 Å². The van der Waals surface area contributed by atoms with Crippen molar-refractivity contribution in [3.05, 3.63) is 54.1 Å². The number of hydrogen-bond acceptors (Lipinski definition) is 4. The number of nitrogens with one attached hydrogen (secondary N) is 1. The average Bonchev–Trinajstić information content (AvgIpc) is 3.04. The monoisotopic (exact) mass is 444 g/mol. The minimum Gasteiger partial charge on any atom is -0.494 e. The van der Waals surface area contributed by atoms with Crippen LogP contribution in [-0.2, 0) is 10.0 Å². The molecule has 3 rings (SSSR count). The predicted molar refractivity (Wildman–Crippen MR) is 123 cm³/mol. The summed E-state index contributed by atoms with van der Waals surface area (Å²) in [6.45, 7) is 6.01. The van der Waals surface area contributed by atoms with Crippen LogP contribution >= 0.6 is 0 Å². The summed E-state index contributed by atoms with van der Waals surface area (Å²) in [5.41, 5.74) is 1.04. The molecule has 1 heterocycles. The molecule has 0 spiro atoms. The second-order valence-corrected chi connectivity index (χ2v) is 10.3. The van der Waals surface area contributed by atoms with Crippen LogP contribution in [0, 0.1) is 5.92 Å². The van der Waals surface area contributed by atoms with E-state index in [0.29, 0.717) is 42.6 Å². The fourth-order valence-corrected chi connectivity index (χ4v) is 5.00. The van der Waals surface area contributed by atoms with Crippen molar-refractivity contribution in [1.29, 1.82) is 0 Å². The zero-order valence-corrected chi connectivity index (χ0v) is 19.2. The Morgan fingerprint density at radius 3 is 2.35 bits per heavy atom. The minimum absolute atomic E-state index is 0.257. The Morgan fingerprint density at radius 2 is 1.71 bits per heavy atom. The number of ether oxygens (including phenoxy) is 1. The van der Waals surface area contributed by atoms with Crippen molar-refractivity contribution in [2.75, 3.05) is 25.0 Å². The molecule has 7 heteroatoms. The molecule has 0 aromatic heterocycles. The molecule has 1 amide bonds. The summed E-state index contributed by atoms with van der Waals surface area (Å²) in [7, 11) is -3.50. The van der Waals surface area contributed by atoms with E-state index in [2.05, 4.69) is 19.2 Å². The molecule has 0 radical (unpaired) electrons. The quantitative estimate of drug-likeness (QED) is 0.626. The standard InChI is InChI=1S/C24H32N2O4S/c1-19(2)14-17-30-22-9-7-8-20(18-22)24(27)25-21-10-12-23(13-11-21)31(28,29)26-15-5-3-4-6-16-26/h7-13,18-19H,3-6,14-17H2,1-2H3,(H,25,27). The third kappa shape index (κ3) is 6.55. The van der Waals surface area contributed by atoms with Crippen LogP contribution in [0.1, 0.15) is 56.3 Å². The Bertz CT molecular complexity index is 963. The van der Waals surface area contributed by atoms with Crippen LogP contribution in [-0.4, -0.2) is 38.3 Å². The van der Waals surface area contributed by atoms with Gasteiger partial charge in [0, 0.05) is 24.3 Å². The van der Waals surface area contributed by atoms with Gasteiger partial charge < -0.3 is 10.1 Å². The molecule has 1 fully saturated rings. The normalized spacial score (nSPS) is 15.5. The topological polar surface area (TPSA) is 75.7 Å². The maximum Gasteiger partial charge on any atom is 0.255 e. The largest absolute Gasteiger partial charge is 0.494 e. The van der Waals surface area contributed by atoms with Gasteiger partial charge in [0.2, 0.25) is 10.0 Å². The molecule has 0 unspecified atom stereocenters. The molecule has 1 aliphatic heterocycles. The molecule has 1 aliphatic rings. The Hall–Kier alpha value is -2.38. The molecule has 1 saturated heterocycles. The zero-order valence-electron chi connectivity index (χ0n) is 18.3. The third-order valence-electron chi connectivity index (χ3n) is 5.38. The molecule has 2 aromatic carbocycles. The van der Waals surface area contributed by atoms with E-state index in [1.807, 2.05) is 6.07 Å². The van der Waals surface area contributed by atoms with Gasteiger partial charge in [-0.3, -0.25) is 4.79 Å². The summed E-state index contributed by atoms with van der Waals surface area (Å²) in [5, 5.41) is 2.83. The van der Waals surface area contributed by atoms with E-state index in [1.165, 1.54) is 0 Å². The van der Waals surface area contributed by atoms with Gasteiger partial charge in [-0.05, 0) is 67.6 Å². The average molecular weight is 445 g/mol. The highest BCUT2D eigenvalue weighted by atomic mass is 32.2. The van der Waals surface area contributed by atoms with Crippen LogP contribution in [0.3, 0.4) is 0 Å². The number of amides is 1. The molecule has 6 nitrogen and oxygen atoms in total. The highest BCUT2D eigenvalue weighted by Gasteiger charge is 2.25. The fraction of sp³-hybridized carbons (Fsp3) is 0.458. The smallest absolute Gasteiger partial charge is 0.255 e. The van der Waals surface area contributed by atoms with Crippen molar-refractivity contribution in [2.24, 2.45) is 5.92 Å². The molecule has 1 N–H and O–H groups in total. The number of rotatable bonds is 8. The van der Waals surface area contributed by atoms with Crippen LogP contribution < -0.4 is 10.1 Å². The van der Waals surface area contributed by atoms with E-state index >= 15 is 0 Å². The maximum atomic E-state index is 12.9. The first-order valence-corrected chi connectivity index (χ1v) is 12.4. The SMILES string of the molecule is CC(C)CCOc1cccc(C(=O)Nc2ccc(S(=O)(=O)N3CCCCCC3)cc2)c1. The minimum atomic E-state index is -3.50. The Balaban J connectivity index is 1.63.